The highest BCUT2D eigenvalue weighted by Gasteiger charge is 2.18. The summed E-state index contributed by atoms with van der Waals surface area (Å²) in [4.78, 5) is 40.9. The topological polar surface area (TPSA) is 92.2 Å². The van der Waals surface area contributed by atoms with Gasteiger partial charge in [-0.3, -0.25) is 14.4 Å². The van der Waals surface area contributed by atoms with Crippen LogP contribution in [-0.4, -0.2) is 10.9 Å². The van der Waals surface area contributed by atoms with E-state index in [4.69, 9.17) is 4.42 Å². The van der Waals surface area contributed by atoms with Gasteiger partial charge in [0.1, 0.15) is 5.76 Å². The lowest BCUT2D eigenvalue weighted by atomic mass is 10.0. The van der Waals surface area contributed by atoms with Gasteiger partial charge in [0.05, 0.1) is 10.9 Å². The van der Waals surface area contributed by atoms with E-state index >= 15 is 0 Å². The molecule has 4 aromatic rings. The van der Waals surface area contributed by atoms with Crippen molar-refractivity contribution in [3.05, 3.63) is 103 Å². The summed E-state index contributed by atoms with van der Waals surface area (Å²) in [5.74, 6) is 0.0140. The molecule has 2 aromatic heterocycles. The maximum Gasteiger partial charge on any atom is 0.255 e. The number of carbonyl (C=O) groups is 1. The van der Waals surface area contributed by atoms with Crippen LogP contribution in [0.2, 0.25) is 0 Å². The number of pyridine rings is 1. The van der Waals surface area contributed by atoms with Crippen molar-refractivity contribution in [2.75, 3.05) is 0 Å². The first-order valence-corrected chi connectivity index (χ1v) is 9.96. The number of fused-ring (bicyclic) bond motifs is 1. The number of nitrogens with one attached hydrogen (secondary N) is 2. The molecule has 4 rings (SSSR count). The van der Waals surface area contributed by atoms with E-state index in [1.807, 2.05) is 43.3 Å². The first-order chi connectivity index (χ1) is 14.9. The number of H-pyrrole nitrogens is 1. The van der Waals surface area contributed by atoms with Crippen LogP contribution in [-0.2, 0) is 6.54 Å². The monoisotopic (exact) mass is 414 g/mol. The van der Waals surface area contributed by atoms with Crippen LogP contribution < -0.4 is 16.3 Å². The Morgan fingerprint density at radius 3 is 2.45 bits per heavy atom. The molecule has 2 heterocycles. The molecule has 1 amide bonds. The van der Waals surface area contributed by atoms with Crippen LogP contribution >= 0.6 is 0 Å². The summed E-state index contributed by atoms with van der Waals surface area (Å²) in [6, 6.07) is 16.1. The number of para-hydroxylation sites is 1. The van der Waals surface area contributed by atoms with E-state index in [1.54, 1.807) is 32.0 Å². The van der Waals surface area contributed by atoms with Crippen molar-refractivity contribution in [3.8, 4) is 11.3 Å². The molecule has 0 saturated heterocycles. The maximum absolute atomic E-state index is 13.0. The lowest BCUT2D eigenvalue weighted by Crippen LogP contribution is -2.28. The Balaban J connectivity index is 1.76. The van der Waals surface area contributed by atoms with E-state index in [2.05, 4.69) is 10.3 Å². The molecule has 6 nitrogen and oxygen atoms in total. The van der Waals surface area contributed by atoms with E-state index in [9.17, 15) is 14.4 Å². The Bertz CT molecular complexity index is 1420. The fraction of sp³-hybridized carbons (Fsp3) is 0.160. The molecule has 0 fully saturated rings. The van der Waals surface area contributed by atoms with Crippen molar-refractivity contribution in [1.82, 2.24) is 10.3 Å². The van der Waals surface area contributed by atoms with Gasteiger partial charge >= 0.3 is 0 Å². The summed E-state index contributed by atoms with van der Waals surface area (Å²) in [6.07, 6.45) is 0. The molecule has 0 spiro atoms. The second-order valence-corrected chi connectivity index (χ2v) is 7.56. The predicted octanol–water partition coefficient (Wildman–Crippen LogP) is 4.00. The van der Waals surface area contributed by atoms with E-state index in [0.29, 0.717) is 22.3 Å². The largest absolute Gasteiger partial charge is 0.455 e. The molecule has 156 valence electrons. The van der Waals surface area contributed by atoms with Gasteiger partial charge in [-0.05, 0) is 44.5 Å². The smallest absolute Gasteiger partial charge is 0.255 e. The van der Waals surface area contributed by atoms with E-state index in [-0.39, 0.29) is 28.7 Å². The highest BCUT2D eigenvalue weighted by Crippen LogP contribution is 2.27. The number of aromatic nitrogens is 1. The van der Waals surface area contributed by atoms with Crippen molar-refractivity contribution >= 4 is 16.9 Å². The third-order valence-electron chi connectivity index (χ3n) is 5.35. The van der Waals surface area contributed by atoms with Gasteiger partial charge in [-0.15, -0.1) is 0 Å². The summed E-state index contributed by atoms with van der Waals surface area (Å²) in [6.45, 7) is 5.42. The zero-order valence-electron chi connectivity index (χ0n) is 17.5. The van der Waals surface area contributed by atoms with Gasteiger partial charge in [-0.25, -0.2) is 0 Å². The first-order valence-electron chi connectivity index (χ1n) is 9.96. The standard InChI is InChI=1S/C25H22N2O4/c1-14-12-15(2)27-25(30)20(14)13-26-24(29)19-11-7-10-18-21(28)16(3)22(31-23(18)19)17-8-5-4-6-9-17/h4-12H,13H2,1-3H3,(H,26,29)(H,27,30). The van der Waals surface area contributed by atoms with Gasteiger partial charge in [0.25, 0.3) is 11.5 Å². The zero-order chi connectivity index (χ0) is 22.1. The van der Waals surface area contributed by atoms with Gasteiger partial charge in [0.15, 0.2) is 11.0 Å². The molecule has 0 unspecified atom stereocenters. The number of carbonyl (C=O) groups excluding carboxylic acids is 1. The molecular formula is C25H22N2O4. The number of aryl methyl sites for hydroxylation is 2. The molecule has 2 N–H and O–H groups in total. The molecule has 2 aromatic carbocycles. The number of benzene rings is 2. The second kappa shape index (κ2) is 8.07. The second-order valence-electron chi connectivity index (χ2n) is 7.56. The minimum atomic E-state index is -0.420. The van der Waals surface area contributed by atoms with Crippen molar-refractivity contribution in [3.63, 3.8) is 0 Å². The predicted molar refractivity (Wildman–Crippen MR) is 120 cm³/mol. The van der Waals surface area contributed by atoms with Crippen molar-refractivity contribution in [1.29, 1.82) is 0 Å². The molecule has 0 radical (unpaired) electrons. The fourth-order valence-electron chi connectivity index (χ4n) is 3.72. The average molecular weight is 414 g/mol. The van der Waals surface area contributed by atoms with E-state index in [0.717, 1.165) is 16.8 Å². The van der Waals surface area contributed by atoms with Crippen LogP contribution in [0.3, 0.4) is 0 Å². The molecule has 0 aliphatic rings. The molecular weight excluding hydrogens is 392 g/mol. The molecule has 6 heteroatoms. The molecule has 0 atom stereocenters. The van der Waals surface area contributed by atoms with Crippen molar-refractivity contribution in [2.45, 2.75) is 27.3 Å². The molecule has 0 saturated carbocycles. The normalized spacial score (nSPS) is 10.9. The number of hydrogen-bond donors (Lipinski definition) is 2. The summed E-state index contributed by atoms with van der Waals surface area (Å²) in [5, 5.41) is 3.12. The number of rotatable bonds is 4. The minimum absolute atomic E-state index is 0.0678. The summed E-state index contributed by atoms with van der Waals surface area (Å²) >= 11 is 0. The highest BCUT2D eigenvalue weighted by atomic mass is 16.3. The van der Waals surface area contributed by atoms with E-state index in [1.165, 1.54) is 0 Å². The number of aromatic amines is 1. The molecule has 0 aliphatic heterocycles. The third kappa shape index (κ3) is 3.80. The number of amides is 1. The Hall–Kier alpha value is -3.93. The summed E-state index contributed by atoms with van der Waals surface area (Å²) < 4.78 is 6.10. The van der Waals surface area contributed by atoms with Crippen LogP contribution in [0.4, 0.5) is 0 Å². The third-order valence-corrected chi connectivity index (χ3v) is 5.35. The Morgan fingerprint density at radius 1 is 1.00 bits per heavy atom. The molecule has 31 heavy (non-hydrogen) atoms. The van der Waals surface area contributed by atoms with Crippen molar-refractivity contribution in [2.24, 2.45) is 0 Å². The Morgan fingerprint density at radius 2 is 1.74 bits per heavy atom. The van der Waals surface area contributed by atoms with Crippen molar-refractivity contribution < 1.29 is 9.21 Å². The summed E-state index contributed by atoms with van der Waals surface area (Å²) in [7, 11) is 0. The van der Waals surface area contributed by atoms with Gasteiger partial charge in [-0.1, -0.05) is 36.4 Å². The van der Waals surface area contributed by atoms with E-state index < -0.39 is 5.91 Å². The lowest BCUT2D eigenvalue weighted by Gasteiger charge is -2.11. The van der Waals surface area contributed by atoms with Crippen LogP contribution in [0, 0.1) is 20.8 Å². The summed E-state index contributed by atoms with van der Waals surface area (Å²) in [5.41, 5.74) is 3.35. The van der Waals surface area contributed by atoms with Crippen LogP contribution in [0.25, 0.3) is 22.3 Å². The van der Waals surface area contributed by atoms with Crippen LogP contribution in [0.5, 0.6) is 0 Å². The average Bonchev–Trinajstić information content (AvgIpc) is 2.75. The van der Waals surface area contributed by atoms with Gasteiger partial charge in [0.2, 0.25) is 0 Å². The Labute approximate surface area is 178 Å². The van der Waals surface area contributed by atoms with Crippen LogP contribution in [0.1, 0.15) is 32.7 Å². The zero-order valence-corrected chi connectivity index (χ0v) is 17.5. The van der Waals surface area contributed by atoms with Crippen LogP contribution in [0.15, 0.2) is 68.6 Å². The highest BCUT2D eigenvalue weighted by molar-refractivity contribution is 6.05. The van der Waals surface area contributed by atoms with Gasteiger partial charge in [0, 0.05) is 28.9 Å². The van der Waals surface area contributed by atoms with Gasteiger partial charge in [-0.2, -0.15) is 0 Å². The SMILES string of the molecule is Cc1cc(C)c(CNC(=O)c2cccc3c(=O)c(C)c(-c4ccccc4)oc23)c(=O)[nH]1. The maximum atomic E-state index is 13.0. The quantitative estimate of drug-likeness (QED) is 0.528. The molecule has 0 aliphatic carbocycles. The minimum Gasteiger partial charge on any atom is -0.455 e. The number of hydrogen-bond acceptors (Lipinski definition) is 4. The Kier molecular flexibility index (Phi) is 5.29. The van der Waals surface area contributed by atoms with Gasteiger partial charge < -0.3 is 14.7 Å². The fourth-order valence-corrected chi connectivity index (χ4v) is 3.72. The first kappa shape index (κ1) is 20.3. The lowest BCUT2D eigenvalue weighted by molar-refractivity contribution is 0.0951. The molecule has 0 bridgehead atoms.